The second-order valence-electron chi connectivity index (χ2n) is 8.78. The molecule has 0 aromatic heterocycles. The second-order valence-corrected chi connectivity index (χ2v) is 8.78. The van der Waals surface area contributed by atoms with Gasteiger partial charge in [-0.2, -0.15) is 5.10 Å². The number of nitrogens with two attached hydrogens (primary N) is 2. The van der Waals surface area contributed by atoms with E-state index in [0.717, 1.165) is 28.9 Å². The summed E-state index contributed by atoms with van der Waals surface area (Å²) < 4.78 is 0. The highest BCUT2D eigenvalue weighted by atomic mass is 16.1. The molecule has 1 aliphatic rings. The maximum Gasteiger partial charge on any atom is 0.255 e. The number of rotatable bonds is 5. The lowest BCUT2D eigenvalue weighted by Crippen LogP contribution is -2.18. The number of nitrogen functional groups attached to an aromatic ring is 2. The molecule has 0 fully saturated rings. The molecule has 4 aromatic carbocycles. The minimum Gasteiger partial charge on any atom is -0.399 e. The first-order valence-corrected chi connectivity index (χ1v) is 11.5. The van der Waals surface area contributed by atoms with Gasteiger partial charge in [0.15, 0.2) is 0 Å². The van der Waals surface area contributed by atoms with Crippen molar-refractivity contribution in [3.8, 4) is 0 Å². The van der Waals surface area contributed by atoms with Crippen molar-refractivity contribution in [1.29, 1.82) is 0 Å². The number of benzene rings is 4. The van der Waals surface area contributed by atoms with E-state index >= 15 is 0 Å². The van der Waals surface area contributed by atoms with Crippen molar-refractivity contribution in [2.24, 2.45) is 5.10 Å². The minimum atomic E-state index is -0.256. The summed E-state index contributed by atoms with van der Waals surface area (Å²) in [5.41, 5.74) is 19.2. The monoisotopic (exact) mass is 461 g/mol. The van der Waals surface area contributed by atoms with Gasteiger partial charge in [0.1, 0.15) is 0 Å². The number of para-hydroxylation sites is 1. The van der Waals surface area contributed by atoms with Crippen molar-refractivity contribution in [2.75, 3.05) is 21.8 Å². The zero-order chi connectivity index (χ0) is 24.4. The van der Waals surface area contributed by atoms with E-state index in [1.54, 1.807) is 18.2 Å². The lowest BCUT2D eigenvalue weighted by molar-refractivity contribution is 0.102. The molecule has 1 aliphatic heterocycles. The Hall–Kier alpha value is -4.58. The first kappa shape index (κ1) is 22.2. The number of amides is 1. The average Bonchev–Trinajstić information content (AvgIpc) is 3.30. The zero-order valence-corrected chi connectivity index (χ0v) is 19.5. The zero-order valence-electron chi connectivity index (χ0n) is 19.5. The van der Waals surface area contributed by atoms with Crippen molar-refractivity contribution < 1.29 is 4.79 Å². The first-order valence-electron chi connectivity index (χ1n) is 11.5. The molecule has 6 nitrogen and oxygen atoms in total. The second kappa shape index (κ2) is 9.35. The molecule has 6 heteroatoms. The van der Waals surface area contributed by atoms with Crippen LogP contribution in [-0.2, 0) is 0 Å². The molecule has 0 spiro atoms. The largest absolute Gasteiger partial charge is 0.399 e. The molecule has 1 atom stereocenters. The summed E-state index contributed by atoms with van der Waals surface area (Å²) in [6, 6.07) is 31.5. The van der Waals surface area contributed by atoms with E-state index in [4.69, 9.17) is 16.6 Å². The van der Waals surface area contributed by atoms with Crippen LogP contribution >= 0.6 is 0 Å². The standard InChI is InChI=1S/C29H27N5O/c1-19-7-9-20(10-8-19)27-18-28(34(33-27)26-5-3-2-4-6-26)21-11-13-25(14-12-21)32-29(35)22-15-23(30)17-24(31)16-22/h2-17,28H,18,30-31H2,1H3,(H,32,35). The van der Waals surface area contributed by atoms with E-state index in [1.807, 2.05) is 42.5 Å². The Kier molecular flexibility index (Phi) is 5.94. The highest BCUT2D eigenvalue weighted by Gasteiger charge is 2.29. The van der Waals surface area contributed by atoms with Crippen molar-refractivity contribution in [1.82, 2.24) is 0 Å². The number of hydrazone groups is 1. The van der Waals surface area contributed by atoms with Gasteiger partial charge in [0.05, 0.1) is 17.4 Å². The van der Waals surface area contributed by atoms with Gasteiger partial charge in [0.2, 0.25) is 0 Å². The number of hydrogen-bond acceptors (Lipinski definition) is 5. The minimum absolute atomic E-state index is 0.0483. The SMILES string of the molecule is Cc1ccc(C2=NN(c3ccccc3)C(c3ccc(NC(=O)c4cc(N)cc(N)c4)cc3)C2)cc1. The molecule has 35 heavy (non-hydrogen) atoms. The van der Waals surface area contributed by atoms with Crippen molar-refractivity contribution in [3.63, 3.8) is 0 Å². The van der Waals surface area contributed by atoms with Gasteiger partial charge >= 0.3 is 0 Å². The number of nitrogens with one attached hydrogen (secondary N) is 1. The number of anilines is 4. The van der Waals surface area contributed by atoms with Crippen LogP contribution in [-0.4, -0.2) is 11.6 Å². The lowest BCUT2D eigenvalue weighted by atomic mass is 9.97. The third kappa shape index (κ3) is 4.87. The maximum atomic E-state index is 12.7. The normalized spacial score (nSPS) is 15.1. The molecule has 5 N–H and O–H groups in total. The van der Waals surface area contributed by atoms with E-state index in [2.05, 4.69) is 53.6 Å². The molecule has 0 saturated carbocycles. The first-order chi connectivity index (χ1) is 17.0. The molecule has 5 rings (SSSR count). The third-order valence-corrected chi connectivity index (χ3v) is 6.11. The van der Waals surface area contributed by atoms with Gasteiger partial charge < -0.3 is 16.8 Å². The quantitative estimate of drug-likeness (QED) is 0.329. The van der Waals surface area contributed by atoms with E-state index < -0.39 is 0 Å². The molecule has 0 saturated heterocycles. The Bertz CT molecular complexity index is 1360. The summed E-state index contributed by atoms with van der Waals surface area (Å²) in [5.74, 6) is -0.256. The highest BCUT2D eigenvalue weighted by molar-refractivity contribution is 6.05. The molecule has 1 unspecified atom stereocenters. The fourth-order valence-corrected chi connectivity index (χ4v) is 4.31. The van der Waals surface area contributed by atoms with E-state index in [0.29, 0.717) is 22.6 Å². The summed E-state index contributed by atoms with van der Waals surface area (Å²) in [7, 11) is 0. The van der Waals surface area contributed by atoms with Gasteiger partial charge in [0, 0.05) is 29.0 Å². The van der Waals surface area contributed by atoms with E-state index in [-0.39, 0.29) is 11.9 Å². The lowest BCUT2D eigenvalue weighted by Gasteiger charge is -2.24. The van der Waals surface area contributed by atoms with Gasteiger partial charge in [0.25, 0.3) is 5.91 Å². The van der Waals surface area contributed by atoms with Crippen LogP contribution in [0.25, 0.3) is 0 Å². The number of carbonyl (C=O) groups excluding carboxylic acids is 1. The van der Waals surface area contributed by atoms with Crippen LogP contribution < -0.4 is 21.8 Å². The summed E-state index contributed by atoms with van der Waals surface area (Å²) >= 11 is 0. The van der Waals surface area contributed by atoms with Crippen LogP contribution in [0, 0.1) is 6.92 Å². The summed E-state index contributed by atoms with van der Waals surface area (Å²) in [4.78, 5) is 12.7. The highest BCUT2D eigenvalue weighted by Crippen LogP contribution is 2.37. The van der Waals surface area contributed by atoms with Gasteiger partial charge in [-0.05, 0) is 60.5 Å². The van der Waals surface area contributed by atoms with Crippen molar-refractivity contribution in [3.05, 3.63) is 119 Å². The van der Waals surface area contributed by atoms with Crippen molar-refractivity contribution >= 4 is 34.4 Å². The molecule has 0 aliphatic carbocycles. The van der Waals surface area contributed by atoms with Gasteiger partial charge in [-0.3, -0.25) is 9.80 Å². The average molecular weight is 462 g/mol. The number of hydrogen-bond donors (Lipinski definition) is 3. The van der Waals surface area contributed by atoms with Crippen LogP contribution in [0.4, 0.5) is 22.7 Å². The molecule has 1 heterocycles. The van der Waals surface area contributed by atoms with Crippen LogP contribution in [0.3, 0.4) is 0 Å². The Morgan fingerprint density at radius 2 is 1.54 bits per heavy atom. The summed E-state index contributed by atoms with van der Waals surface area (Å²) in [6.45, 7) is 2.08. The van der Waals surface area contributed by atoms with E-state index in [9.17, 15) is 4.79 Å². The number of aryl methyl sites for hydroxylation is 1. The topological polar surface area (TPSA) is 96.7 Å². The fraction of sp³-hybridized carbons (Fsp3) is 0.103. The van der Waals surface area contributed by atoms with Crippen molar-refractivity contribution in [2.45, 2.75) is 19.4 Å². The van der Waals surface area contributed by atoms with Crippen LogP contribution in [0.15, 0.2) is 102 Å². The predicted octanol–water partition coefficient (Wildman–Crippen LogP) is 5.77. The Morgan fingerprint density at radius 3 is 2.20 bits per heavy atom. The summed E-state index contributed by atoms with van der Waals surface area (Å²) in [5, 5.41) is 10.0. The van der Waals surface area contributed by atoms with E-state index in [1.165, 1.54) is 5.56 Å². The molecule has 174 valence electrons. The molecule has 0 bridgehead atoms. The van der Waals surface area contributed by atoms with Crippen LogP contribution in [0.1, 0.15) is 39.5 Å². The molecular formula is C29H27N5O. The Morgan fingerprint density at radius 1 is 0.886 bits per heavy atom. The third-order valence-electron chi connectivity index (χ3n) is 6.11. The molecule has 1 amide bonds. The number of nitrogens with zero attached hydrogens (tertiary/aromatic N) is 2. The van der Waals surface area contributed by atoms with Gasteiger partial charge in [-0.1, -0.05) is 60.2 Å². The maximum absolute atomic E-state index is 12.7. The molecule has 0 radical (unpaired) electrons. The molecular weight excluding hydrogens is 434 g/mol. The van der Waals surface area contributed by atoms with Gasteiger partial charge in [-0.25, -0.2) is 0 Å². The fourth-order valence-electron chi connectivity index (χ4n) is 4.31. The van der Waals surface area contributed by atoms with Crippen LogP contribution in [0.2, 0.25) is 0 Å². The Balaban J connectivity index is 1.39. The number of carbonyl (C=O) groups is 1. The Labute approximate surface area is 204 Å². The van der Waals surface area contributed by atoms with Crippen LogP contribution in [0.5, 0.6) is 0 Å². The molecule has 4 aromatic rings. The predicted molar refractivity (Wildman–Crippen MR) is 144 cm³/mol. The summed E-state index contributed by atoms with van der Waals surface area (Å²) in [6.07, 6.45) is 0.784. The van der Waals surface area contributed by atoms with Gasteiger partial charge in [-0.15, -0.1) is 0 Å². The smallest absolute Gasteiger partial charge is 0.255 e.